The largest absolute Gasteiger partial charge is 0.481 e. The summed E-state index contributed by atoms with van der Waals surface area (Å²) in [4.78, 5) is 15.2. The van der Waals surface area contributed by atoms with Crippen LogP contribution in [0.1, 0.15) is 36.9 Å². The number of aromatic nitrogens is 1. The fourth-order valence-electron chi connectivity index (χ4n) is 2.01. The maximum Gasteiger partial charge on any atom is 0.310 e. The van der Waals surface area contributed by atoms with Gasteiger partial charge in [-0.1, -0.05) is 32.9 Å². The van der Waals surface area contributed by atoms with Crippen molar-refractivity contribution in [2.75, 3.05) is 0 Å². The van der Waals surface area contributed by atoms with Crippen LogP contribution in [-0.4, -0.2) is 16.1 Å². The van der Waals surface area contributed by atoms with Crippen molar-refractivity contribution in [1.82, 2.24) is 4.98 Å². The van der Waals surface area contributed by atoms with Crippen LogP contribution in [0, 0.1) is 6.92 Å². The molecule has 1 aromatic heterocycles. The van der Waals surface area contributed by atoms with Gasteiger partial charge in [-0.2, -0.15) is 0 Å². The minimum Gasteiger partial charge on any atom is -0.481 e. The Balaban J connectivity index is 2.41. The summed E-state index contributed by atoms with van der Waals surface area (Å²) in [6.07, 6.45) is -0.0112. The number of rotatable bonds is 3. The quantitative estimate of drug-likeness (QED) is 0.927. The molecule has 20 heavy (non-hydrogen) atoms. The number of carbonyl (C=O) groups is 1. The molecule has 0 aliphatic carbocycles. The van der Waals surface area contributed by atoms with Crippen molar-refractivity contribution >= 4 is 17.3 Å². The smallest absolute Gasteiger partial charge is 0.310 e. The van der Waals surface area contributed by atoms with E-state index in [1.165, 1.54) is 16.9 Å². The molecule has 0 unspecified atom stereocenters. The minimum absolute atomic E-state index is 0.0112. The molecule has 2 rings (SSSR count). The van der Waals surface area contributed by atoms with E-state index in [1.807, 2.05) is 5.38 Å². The summed E-state index contributed by atoms with van der Waals surface area (Å²) in [6.45, 7) is 8.59. The molecule has 1 heterocycles. The normalized spacial score (nSPS) is 11.6. The van der Waals surface area contributed by atoms with Crippen LogP contribution in [0.3, 0.4) is 0 Å². The molecule has 0 fully saturated rings. The first kappa shape index (κ1) is 14.7. The van der Waals surface area contributed by atoms with Crippen LogP contribution in [0.15, 0.2) is 23.6 Å². The van der Waals surface area contributed by atoms with Gasteiger partial charge >= 0.3 is 5.97 Å². The molecule has 4 heteroatoms. The standard InChI is InChI=1S/C16H19NO2S/c1-10-5-6-11(16(2,3)4)7-12(10)13-9-20-14(17-13)8-15(18)19/h5-7,9H,8H2,1-4H3,(H,18,19). The highest BCUT2D eigenvalue weighted by atomic mass is 32.1. The molecule has 0 spiro atoms. The lowest BCUT2D eigenvalue weighted by Crippen LogP contribution is -2.11. The van der Waals surface area contributed by atoms with Gasteiger partial charge in [0.05, 0.1) is 12.1 Å². The van der Waals surface area contributed by atoms with E-state index in [0.717, 1.165) is 16.8 Å². The number of hydrogen-bond donors (Lipinski definition) is 1. The van der Waals surface area contributed by atoms with Gasteiger partial charge in [0.1, 0.15) is 5.01 Å². The van der Waals surface area contributed by atoms with Crippen LogP contribution < -0.4 is 0 Å². The number of thiazole rings is 1. The third kappa shape index (κ3) is 3.25. The van der Waals surface area contributed by atoms with Crippen molar-refractivity contribution in [1.29, 1.82) is 0 Å². The lowest BCUT2D eigenvalue weighted by Gasteiger charge is -2.20. The van der Waals surface area contributed by atoms with Crippen molar-refractivity contribution in [3.63, 3.8) is 0 Å². The molecule has 0 bridgehead atoms. The van der Waals surface area contributed by atoms with Crippen molar-refractivity contribution < 1.29 is 9.90 Å². The van der Waals surface area contributed by atoms with Gasteiger partial charge in [0.25, 0.3) is 0 Å². The Labute approximate surface area is 123 Å². The topological polar surface area (TPSA) is 50.2 Å². The highest BCUT2D eigenvalue weighted by Gasteiger charge is 2.16. The van der Waals surface area contributed by atoms with E-state index < -0.39 is 5.97 Å². The van der Waals surface area contributed by atoms with Crippen molar-refractivity contribution in [2.24, 2.45) is 0 Å². The highest BCUT2D eigenvalue weighted by molar-refractivity contribution is 7.10. The molecule has 3 nitrogen and oxygen atoms in total. The van der Waals surface area contributed by atoms with Crippen LogP contribution >= 0.6 is 11.3 Å². The minimum atomic E-state index is -0.842. The van der Waals surface area contributed by atoms with Gasteiger partial charge in [-0.3, -0.25) is 4.79 Å². The molecule has 0 aliphatic heterocycles. The summed E-state index contributed by atoms with van der Waals surface area (Å²) in [7, 11) is 0. The molecule has 0 saturated carbocycles. The Morgan fingerprint density at radius 3 is 2.65 bits per heavy atom. The summed E-state index contributed by atoms with van der Waals surface area (Å²) in [5, 5.41) is 11.4. The van der Waals surface area contributed by atoms with E-state index in [-0.39, 0.29) is 11.8 Å². The average molecular weight is 289 g/mol. The number of carboxylic acid groups (broad SMARTS) is 1. The summed E-state index contributed by atoms with van der Waals surface area (Å²) in [6, 6.07) is 6.41. The number of carboxylic acids is 1. The molecule has 0 aliphatic rings. The number of benzene rings is 1. The van der Waals surface area contributed by atoms with E-state index in [2.05, 4.69) is 50.9 Å². The molecule has 0 saturated heterocycles. The van der Waals surface area contributed by atoms with Crippen LogP contribution in [0.25, 0.3) is 11.3 Å². The zero-order valence-corrected chi connectivity index (χ0v) is 13.0. The molecule has 0 radical (unpaired) electrons. The maximum atomic E-state index is 10.7. The Morgan fingerprint density at radius 1 is 1.35 bits per heavy atom. The third-order valence-electron chi connectivity index (χ3n) is 3.23. The predicted octanol–water partition coefficient (Wildman–Crippen LogP) is 4.04. The molecule has 0 amide bonds. The van der Waals surface area contributed by atoms with Crippen LogP contribution in [0.4, 0.5) is 0 Å². The maximum absolute atomic E-state index is 10.7. The fourth-order valence-corrected chi connectivity index (χ4v) is 2.79. The molecule has 2 aromatic rings. The molecule has 1 N–H and O–H groups in total. The average Bonchev–Trinajstić information content (AvgIpc) is 2.75. The summed E-state index contributed by atoms with van der Waals surface area (Å²) in [5.41, 5.74) is 4.46. The van der Waals surface area contributed by atoms with E-state index in [0.29, 0.717) is 5.01 Å². The van der Waals surface area contributed by atoms with E-state index in [9.17, 15) is 4.79 Å². The first-order valence-electron chi connectivity index (χ1n) is 6.55. The molecular weight excluding hydrogens is 270 g/mol. The van der Waals surface area contributed by atoms with Crippen molar-refractivity contribution in [3.8, 4) is 11.3 Å². The monoisotopic (exact) mass is 289 g/mol. The van der Waals surface area contributed by atoms with Crippen molar-refractivity contribution in [2.45, 2.75) is 39.5 Å². The van der Waals surface area contributed by atoms with Gasteiger partial charge < -0.3 is 5.11 Å². The number of aliphatic carboxylic acids is 1. The lowest BCUT2D eigenvalue weighted by molar-refractivity contribution is -0.136. The molecule has 0 atom stereocenters. The number of nitrogens with zero attached hydrogens (tertiary/aromatic N) is 1. The van der Waals surface area contributed by atoms with E-state index in [1.54, 1.807) is 0 Å². The van der Waals surface area contributed by atoms with E-state index in [4.69, 9.17) is 5.11 Å². The Kier molecular flexibility index (Phi) is 3.95. The van der Waals surface area contributed by atoms with Crippen LogP contribution in [-0.2, 0) is 16.6 Å². The second kappa shape index (κ2) is 5.37. The van der Waals surface area contributed by atoms with Gasteiger partial charge in [-0.25, -0.2) is 4.98 Å². The number of hydrogen-bond acceptors (Lipinski definition) is 3. The Hall–Kier alpha value is -1.68. The fraction of sp³-hybridized carbons (Fsp3) is 0.375. The summed E-state index contributed by atoms with van der Waals surface area (Å²) >= 11 is 1.40. The lowest BCUT2D eigenvalue weighted by atomic mass is 9.85. The second-order valence-corrected chi connectivity index (χ2v) is 6.92. The first-order valence-corrected chi connectivity index (χ1v) is 7.43. The van der Waals surface area contributed by atoms with Gasteiger partial charge in [-0.05, 0) is 29.5 Å². The molecule has 1 aromatic carbocycles. The predicted molar refractivity (Wildman–Crippen MR) is 82.3 cm³/mol. The zero-order chi connectivity index (χ0) is 14.9. The number of aryl methyl sites for hydroxylation is 1. The SMILES string of the molecule is Cc1ccc(C(C)(C)C)cc1-c1csc(CC(=O)O)n1. The second-order valence-electron chi connectivity index (χ2n) is 5.98. The van der Waals surface area contributed by atoms with Crippen molar-refractivity contribution in [3.05, 3.63) is 39.7 Å². The van der Waals surface area contributed by atoms with Gasteiger partial charge in [0, 0.05) is 10.9 Å². The third-order valence-corrected chi connectivity index (χ3v) is 4.08. The summed E-state index contributed by atoms with van der Waals surface area (Å²) < 4.78 is 0. The van der Waals surface area contributed by atoms with Crippen LogP contribution in [0.2, 0.25) is 0 Å². The highest BCUT2D eigenvalue weighted by Crippen LogP contribution is 2.30. The zero-order valence-electron chi connectivity index (χ0n) is 12.2. The molecular formula is C16H19NO2S. The first-order chi connectivity index (χ1) is 9.27. The van der Waals surface area contributed by atoms with Gasteiger partial charge in [-0.15, -0.1) is 11.3 Å². The Morgan fingerprint density at radius 2 is 2.05 bits per heavy atom. The van der Waals surface area contributed by atoms with Crippen LogP contribution in [0.5, 0.6) is 0 Å². The summed E-state index contributed by atoms with van der Waals surface area (Å²) in [5.74, 6) is -0.842. The molecule has 106 valence electrons. The van der Waals surface area contributed by atoms with E-state index >= 15 is 0 Å². The van der Waals surface area contributed by atoms with Gasteiger partial charge in [0.2, 0.25) is 0 Å². The van der Waals surface area contributed by atoms with Gasteiger partial charge in [0.15, 0.2) is 0 Å². The Bertz CT molecular complexity index is 638.